The highest BCUT2D eigenvalue weighted by Gasteiger charge is 2.32. The summed E-state index contributed by atoms with van der Waals surface area (Å²) in [5.74, 6) is -0.467. The Morgan fingerprint density at radius 1 is 1.31 bits per heavy atom. The maximum Gasteiger partial charge on any atom is 0.413 e. The molecule has 1 aromatic heterocycles. The number of carbonyl (C=O) groups is 1. The van der Waals surface area contributed by atoms with Gasteiger partial charge in [0.05, 0.1) is 4.88 Å². The number of carbonyl (C=O) groups excluding carboxylic acids is 1. The van der Waals surface area contributed by atoms with E-state index in [4.69, 9.17) is 16.3 Å². The molecule has 1 aromatic carbocycles. The monoisotopic (exact) mass is 461 g/mol. The lowest BCUT2D eigenvalue weighted by Crippen LogP contribution is -2.41. The first kappa shape index (κ1) is 23.9. The molecule has 0 aliphatic heterocycles. The minimum absolute atomic E-state index is 0.198. The SMILES string of the molecule is CC(C)(C)OC(=O)Nc1ncc(C(N[S@+]([O-])C(C)(C)C)c2ccc(F)cc2Cl)s1. The van der Waals surface area contributed by atoms with Crippen molar-refractivity contribution in [3.05, 3.63) is 45.7 Å². The highest BCUT2D eigenvalue weighted by atomic mass is 35.5. The Labute approximate surface area is 182 Å². The lowest BCUT2D eigenvalue weighted by atomic mass is 10.1. The van der Waals surface area contributed by atoms with Gasteiger partial charge in [-0.05, 0) is 59.2 Å². The summed E-state index contributed by atoms with van der Waals surface area (Å²) >= 11 is 6.00. The number of amides is 1. The molecule has 1 heterocycles. The number of nitrogens with zero attached hydrogens (tertiary/aromatic N) is 1. The summed E-state index contributed by atoms with van der Waals surface area (Å²) in [6.07, 6.45) is 0.926. The molecule has 2 aromatic rings. The number of halogens is 2. The van der Waals surface area contributed by atoms with Crippen molar-refractivity contribution in [3.8, 4) is 0 Å². The van der Waals surface area contributed by atoms with Gasteiger partial charge in [-0.25, -0.2) is 14.2 Å². The molecule has 0 radical (unpaired) electrons. The zero-order valence-electron chi connectivity index (χ0n) is 17.1. The van der Waals surface area contributed by atoms with Gasteiger partial charge in [0, 0.05) is 22.6 Å². The molecular formula is C19H25ClFN3O3S2. The van der Waals surface area contributed by atoms with Crippen LogP contribution < -0.4 is 10.0 Å². The van der Waals surface area contributed by atoms with Crippen molar-refractivity contribution < 1.29 is 18.5 Å². The Balaban J connectivity index is 2.32. The second-order valence-corrected chi connectivity index (χ2v) is 11.8. The van der Waals surface area contributed by atoms with Crippen LogP contribution in [0.3, 0.4) is 0 Å². The van der Waals surface area contributed by atoms with Crippen LogP contribution in [0.5, 0.6) is 0 Å². The van der Waals surface area contributed by atoms with Crippen molar-refractivity contribution in [2.75, 3.05) is 5.32 Å². The van der Waals surface area contributed by atoms with E-state index in [9.17, 15) is 13.7 Å². The molecule has 2 N–H and O–H groups in total. The number of benzene rings is 1. The second kappa shape index (κ2) is 9.18. The van der Waals surface area contributed by atoms with Crippen LogP contribution in [-0.4, -0.2) is 26.0 Å². The van der Waals surface area contributed by atoms with Crippen LogP contribution in [0.2, 0.25) is 5.02 Å². The quantitative estimate of drug-likeness (QED) is 0.580. The lowest BCUT2D eigenvalue weighted by molar-refractivity contribution is 0.0636. The Bertz CT molecular complexity index is 865. The topological polar surface area (TPSA) is 86.3 Å². The Hall–Kier alpha value is -1.39. The van der Waals surface area contributed by atoms with Crippen molar-refractivity contribution in [2.24, 2.45) is 0 Å². The zero-order valence-corrected chi connectivity index (χ0v) is 19.5. The highest BCUT2D eigenvalue weighted by Crippen LogP contribution is 2.35. The van der Waals surface area contributed by atoms with Gasteiger partial charge in [0.15, 0.2) is 5.13 Å². The lowest BCUT2D eigenvalue weighted by Gasteiger charge is -2.28. The van der Waals surface area contributed by atoms with E-state index < -0.39 is 39.7 Å². The van der Waals surface area contributed by atoms with Gasteiger partial charge >= 0.3 is 6.09 Å². The van der Waals surface area contributed by atoms with Crippen molar-refractivity contribution in [1.29, 1.82) is 0 Å². The summed E-state index contributed by atoms with van der Waals surface area (Å²) in [5.41, 5.74) is -0.0855. The molecular weight excluding hydrogens is 437 g/mol. The van der Waals surface area contributed by atoms with Crippen LogP contribution in [0.1, 0.15) is 58.0 Å². The highest BCUT2D eigenvalue weighted by molar-refractivity contribution is 7.90. The molecule has 6 nitrogen and oxygen atoms in total. The van der Waals surface area contributed by atoms with Crippen LogP contribution in [0.4, 0.5) is 14.3 Å². The third kappa shape index (κ3) is 7.11. The van der Waals surface area contributed by atoms with Gasteiger partial charge in [-0.2, -0.15) is 0 Å². The van der Waals surface area contributed by atoms with Crippen molar-refractivity contribution in [2.45, 2.75) is 57.9 Å². The van der Waals surface area contributed by atoms with E-state index in [2.05, 4.69) is 15.0 Å². The average Bonchev–Trinajstić information content (AvgIpc) is 2.98. The number of hydrogen-bond acceptors (Lipinski definition) is 6. The van der Waals surface area contributed by atoms with Gasteiger partial charge < -0.3 is 9.29 Å². The van der Waals surface area contributed by atoms with E-state index in [-0.39, 0.29) is 5.02 Å². The minimum atomic E-state index is -1.43. The summed E-state index contributed by atoms with van der Waals surface area (Å²) in [6.45, 7) is 10.8. The molecule has 10 heteroatoms. The maximum absolute atomic E-state index is 13.5. The van der Waals surface area contributed by atoms with Gasteiger partial charge in [-0.1, -0.05) is 29.0 Å². The molecule has 0 saturated heterocycles. The molecule has 0 fully saturated rings. The van der Waals surface area contributed by atoms with Crippen molar-refractivity contribution >= 4 is 45.5 Å². The van der Waals surface area contributed by atoms with Crippen molar-refractivity contribution in [3.63, 3.8) is 0 Å². The summed E-state index contributed by atoms with van der Waals surface area (Å²) in [6, 6.07) is 3.42. The predicted molar refractivity (Wildman–Crippen MR) is 116 cm³/mol. The molecule has 0 aliphatic carbocycles. The van der Waals surface area contributed by atoms with E-state index in [0.29, 0.717) is 15.6 Å². The smallest absolute Gasteiger partial charge is 0.413 e. The third-order valence-electron chi connectivity index (χ3n) is 3.47. The molecule has 0 bridgehead atoms. The fourth-order valence-electron chi connectivity index (χ4n) is 2.16. The largest absolute Gasteiger partial charge is 0.598 e. The van der Waals surface area contributed by atoms with E-state index in [1.165, 1.54) is 29.5 Å². The number of ether oxygens (including phenoxy) is 1. The first-order valence-electron chi connectivity index (χ1n) is 8.85. The number of nitrogens with one attached hydrogen (secondary N) is 2. The number of rotatable bonds is 5. The van der Waals surface area contributed by atoms with Crippen LogP contribution >= 0.6 is 22.9 Å². The van der Waals surface area contributed by atoms with Gasteiger partial charge in [-0.15, -0.1) is 4.72 Å². The molecule has 2 rings (SSSR count). The van der Waals surface area contributed by atoms with Crippen LogP contribution in [-0.2, 0) is 16.1 Å². The summed E-state index contributed by atoms with van der Waals surface area (Å²) in [4.78, 5) is 16.8. The number of thiazole rings is 1. The minimum Gasteiger partial charge on any atom is -0.598 e. The fourth-order valence-corrected chi connectivity index (χ4v) is 4.21. The summed E-state index contributed by atoms with van der Waals surface area (Å²) < 4.78 is 34.0. The normalized spacial score (nSPS) is 14.4. The van der Waals surface area contributed by atoms with Gasteiger partial charge in [0.1, 0.15) is 22.2 Å². The third-order valence-corrected chi connectivity index (χ3v) is 6.34. The summed E-state index contributed by atoms with van der Waals surface area (Å²) in [5, 5.41) is 3.10. The van der Waals surface area contributed by atoms with Crippen molar-refractivity contribution in [1.82, 2.24) is 9.71 Å². The average molecular weight is 462 g/mol. The van der Waals surface area contributed by atoms with Crippen LogP contribution in [0, 0.1) is 5.82 Å². The van der Waals surface area contributed by atoms with Crippen LogP contribution in [0.25, 0.3) is 0 Å². The number of aromatic nitrogens is 1. The first-order chi connectivity index (χ1) is 13.3. The van der Waals surface area contributed by atoms with E-state index in [1.807, 2.05) is 20.8 Å². The Morgan fingerprint density at radius 2 is 1.97 bits per heavy atom. The first-order valence-corrected chi connectivity index (χ1v) is 11.2. The molecule has 0 spiro atoms. The molecule has 0 aliphatic rings. The molecule has 1 amide bonds. The molecule has 0 saturated carbocycles. The molecule has 1 unspecified atom stereocenters. The second-order valence-electron chi connectivity index (χ2n) is 8.29. The Kier molecular flexibility index (Phi) is 7.56. The van der Waals surface area contributed by atoms with Gasteiger partial charge in [0.2, 0.25) is 0 Å². The fraction of sp³-hybridized carbons (Fsp3) is 0.474. The standard InChI is InChI=1S/C19H25ClFN3O3S2/c1-18(2,3)27-17(25)23-16-22-10-14(28-16)15(24-29(26)19(4,5)6)12-8-7-11(21)9-13(12)20/h7-10,15,24H,1-6H3,(H,22,23,25)/t15?,29-/m1/s1. The van der Waals surface area contributed by atoms with E-state index >= 15 is 0 Å². The predicted octanol–water partition coefficient (Wildman–Crippen LogP) is 5.42. The van der Waals surface area contributed by atoms with Gasteiger partial charge in [0.25, 0.3) is 0 Å². The summed E-state index contributed by atoms with van der Waals surface area (Å²) in [7, 11) is 0. The number of hydrogen-bond donors (Lipinski definition) is 2. The maximum atomic E-state index is 13.5. The molecule has 29 heavy (non-hydrogen) atoms. The number of anilines is 1. The zero-order chi connectivity index (χ0) is 22.0. The van der Waals surface area contributed by atoms with E-state index in [1.54, 1.807) is 27.0 Å². The molecule has 160 valence electrons. The van der Waals surface area contributed by atoms with Gasteiger partial charge in [-0.3, -0.25) is 5.32 Å². The Morgan fingerprint density at radius 3 is 2.52 bits per heavy atom. The molecule has 2 atom stereocenters. The van der Waals surface area contributed by atoms with Crippen LogP contribution in [0.15, 0.2) is 24.4 Å². The van der Waals surface area contributed by atoms with E-state index in [0.717, 1.165) is 0 Å².